The lowest BCUT2D eigenvalue weighted by Crippen LogP contribution is -2.41. The average Bonchev–Trinajstić information content (AvgIpc) is 2.71. The van der Waals surface area contributed by atoms with Crippen LogP contribution in [0.3, 0.4) is 0 Å². The van der Waals surface area contributed by atoms with Crippen molar-refractivity contribution in [2.75, 3.05) is 4.90 Å². The van der Waals surface area contributed by atoms with E-state index in [-0.39, 0.29) is 12.1 Å². The van der Waals surface area contributed by atoms with Gasteiger partial charge in [-0.1, -0.05) is 30.7 Å². The predicted molar refractivity (Wildman–Crippen MR) is 74.7 cm³/mol. The fourth-order valence-corrected chi connectivity index (χ4v) is 2.23. The molecule has 0 aromatic heterocycles. The molecule has 1 N–H and O–H groups in total. The first-order valence-corrected chi connectivity index (χ1v) is 6.46. The molecule has 1 aliphatic rings. The Balaban J connectivity index is 2.16. The molecule has 1 unspecified atom stereocenters. The molecule has 0 bridgehead atoms. The van der Waals surface area contributed by atoms with Crippen molar-refractivity contribution in [2.24, 2.45) is 0 Å². The molecule has 0 radical (unpaired) electrons. The van der Waals surface area contributed by atoms with Gasteiger partial charge in [-0.2, -0.15) is 0 Å². The van der Waals surface area contributed by atoms with E-state index >= 15 is 0 Å². The highest BCUT2D eigenvalue weighted by Gasteiger charge is 2.29. The minimum atomic E-state index is -0.0414. The quantitative estimate of drug-likeness (QED) is 0.849. The summed E-state index contributed by atoms with van der Waals surface area (Å²) in [5, 5.41) is 2.87. The van der Waals surface area contributed by atoms with Gasteiger partial charge in [0.15, 0.2) is 0 Å². The fraction of sp³-hybridized carbons (Fsp3) is 0.400. The number of anilines is 1. The molecule has 0 saturated heterocycles. The number of para-hydroxylation sites is 1. The van der Waals surface area contributed by atoms with Crippen molar-refractivity contribution in [1.82, 2.24) is 5.32 Å². The van der Waals surface area contributed by atoms with Gasteiger partial charge in [-0.25, -0.2) is 4.79 Å². The number of hydrogen-bond acceptors (Lipinski definition) is 1. The number of rotatable bonds is 2. The molecule has 96 valence electrons. The molecule has 18 heavy (non-hydrogen) atoms. The summed E-state index contributed by atoms with van der Waals surface area (Å²) in [6, 6.07) is 8.28. The number of carbonyl (C=O) groups excluding carboxylic acids is 1. The summed E-state index contributed by atoms with van der Waals surface area (Å²) >= 11 is 0. The standard InChI is InChI=1S/C15H20N2O/c1-4-11(2)10-16-15(18)17-12(3)9-13-7-5-6-8-14(13)17/h5-8,10,12H,4,9H2,1-3H3,(H,16,18)/b11-10+. The van der Waals surface area contributed by atoms with E-state index in [1.54, 1.807) is 6.20 Å². The minimum absolute atomic E-state index is 0.0414. The average molecular weight is 244 g/mol. The summed E-state index contributed by atoms with van der Waals surface area (Å²) in [4.78, 5) is 14.1. The molecule has 1 aromatic carbocycles. The second kappa shape index (κ2) is 5.25. The third kappa shape index (κ3) is 2.40. The van der Waals surface area contributed by atoms with Gasteiger partial charge >= 0.3 is 6.03 Å². The second-order valence-electron chi connectivity index (χ2n) is 4.85. The molecule has 1 aromatic rings. The number of hydrogen-bond donors (Lipinski definition) is 1. The number of benzene rings is 1. The van der Waals surface area contributed by atoms with Crippen LogP contribution in [0, 0.1) is 0 Å². The number of amides is 2. The fourth-order valence-electron chi connectivity index (χ4n) is 2.23. The zero-order valence-corrected chi connectivity index (χ0v) is 11.2. The van der Waals surface area contributed by atoms with Gasteiger partial charge in [-0.3, -0.25) is 4.90 Å². The summed E-state index contributed by atoms with van der Waals surface area (Å²) in [6.07, 6.45) is 3.68. The van der Waals surface area contributed by atoms with Crippen molar-refractivity contribution in [3.8, 4) is 0 Å². The number of nitrogens with zero attached hydrogens (tertiary/aromatic N) is 1. The van der Waals surface area contributed by atoms with Crippen molar-refractivity contribution in [3.63, 3.8) is 0 Å². The van der Waals surface area contributed by atoms with Crippen LogP contribution in [0.1, 0.15) is 32.8 Å². The molecule has 0 spiro atoms. The predicted octanol–water partition coefficient (Wildman–Crippen LogP) is 3.46. The first kappa shape index (κ1) is 12.7. The smallest absolute Gasteiger partial charge is 0.314 e. The Morgan fingerprint density at radius 3 is 2.94 bits per heavy atom. The molecular weight excluding hydrogens is 224 g/mol. The first-order valence-electron chi connectivity index (χ1n) is 6.46. The van der Waals surface area contributed by atoms with Crippen LogP contribution in [0.5, 0.6) is 0 Å². The van der Waals surface area contributed by atoms with Gasteiger partial charge in [0.1, 0.15) is 0 Å². The van der Waals surface area contributed by atoms with E-state index in [2.05, 4.69) is 25.2 Å². The van der Waals surface area contributed by atoms with Gasteiger partial charge in [0.2, 0.25) is 0 Å². The van der Waals surface area contributed by atoms with E-state index in [1.165, 1.54) is 11.1 Å². The number of nitrogens with one attached hydrogen (secondary N) is 1. The molecule has 0 fully saturated rings. The Labute approximate surface area is 108 Å². The summed E-state index contributed by atoms with van der Waals surface area (Å²) < 4.78 is 0. The van der Waals surface area contributed by atoms with Crippen LogP contribution in [-0.4, -0.2) is 12.1 Å². The van der Waals surface area contributed by atoms with Crippen molar-refractivity contribution in [1.29, 1.82) is 0 Å². The molecule has 1 aliphatic heterocycles. The zero-order chi connectivity index (χ0) is 13.1. The van der Waals surface area contributed by atoms with Gasteiger partial charge in [0.05, 0.1) is 0 Å². The summed E-state index contributed by atoms with van der Waals surface area (Å²) in [5.74, 6) is 0. The Morgan fingerprint density at radius 1 is 1.50 bits per heavy atom. The van der Waals surface area contributed by atoms with Crippen molar-refractivity contribution in [3.05, 3.63) is 41.6 Å². The first-order chi connectivity index (χ1) is 8.63. The van der Waals surface area contributed by atoms with Gasteiger partial charge in [-0.05, 0) is 38.3 Å². The molecule has 0 aliphatic carbocycles. The highest BCUT2D eigenvalue weighted by Crippen LogP contribution is 2.31. The molecule has 3 heteroatoms. The lowest BCUT2D eigenvalue weighted by molar-refractivity contribution is 0.248. The van der Waals surface area contributed by atoms with Crippen LogP contribution in [0.4, 0.5) is 10.5 Å². The Bertz CT molecular complexity index is 479. The second-order valence-corrected chi connectivity index (χ2v) is 4.85. The van der Waals surface area contributed by atoms with Gasteiger partial charge in [0.25, 0.3) is 0 Å². The van der Waals surface area contributed by atoms with Crippen molar-refractivity contribution in [2.45, 2.75) is 39.7 Å². The minimum Gasteiger partial charge on any atom is -0.314 e. The van der Waals surface area contributed by atoms with Crippen LogP contribution in [0.25, 0.3) is 0 Å². The molecule has 0 saturated carbocycles. The maximum Gasteiger partial charge on any atom is 0.326 e. The summed E-state index contributed by atoms with van der Waals surface area (Å²) in [6.45, 7) is 6.17. The topological polar surface area (TPSA) is 32.3 Å². The molecule has 1 heterocycles. The van der Waals surface area contributed by atoms with Crippen LogP contribution < -0.4 is 10.2 Å². The Morgan fingerprint density at radius 2 is 2.22 bits per heavy atom. The maximum atomic E-state index is 12.2. The van der Waals surface area contributed by atoms with Crippen LogP contribution in [-0.2, 0) is 6.42 Å². The number of allylic oxidation sites excluding steroid dienone is 1. The third-order valence-electron chi connectivity index (χ3n) is 3.43. The maximum absolute atomic E-state index is 12.2. The third-order valence-corrected chi connectivity index (χ3v) is 3.43. The highest BCUT2D eigenvalue weighted by molar-refractivity contribution is 5.95. The monoisotopic (exact) mass is 244 g/mol. The summed E-state index contributed by atoms with van der Waals surface area (Å²) in [5.41, 5.74) is 3.45. The SMILES string of the molecule is CC/C(C)=C/NC(=O)N1c2ccccc2CC1C. The molecule has 3 nitrogen and oxygen atoms in total. The molecule has 1 atom stereocenters. The van der Waals surface area contributed by atoms with Crippen LogP contribution >= 0.6 is 0 Å². The van der Waals surface area contributed by atoms with E-state index in [0.717, 1.165) is 18.5 Å². The van der Waals surface area contributed by atoms with E-state index in [0.29, 0.717) is 0 Å². The molecular formula is C15H20N2O. The lowest BCUT2D eigenvalue weighted by Gasteiger charge is -2.22. The van der Waals surface area contributed by atoms with Crippen LogP contribution in [0.2, 0.25) is 0 Å². The zero-order valence-electron chi connectivity index (χ0n) is 11.2. The largest absolute Gasteiger partial charge is 0.326 e. The number of carbonyl (C=O) groups is 1. The van der Waals surface area contributed by atoms with Gasteiger partial charge in [0, 0.05) is 17.9 Å². The van der Waals surface area contributed by atoms with Gasteiger partial charge in [-0.15, -0.1) is 0 Å². The Hall–Kier alpha value is -1.77. The van der Waals surface area contributed by atoms with Gasteiger partial charge < -0.3 is 5.32 Å². The van der Waals surface area contributed by atoms with Crippen molar-refractivity contribution < 1.29 is 4.79 Å². The van der Waals surface area contributed by atoms with Crippen LogP contribution in [0.15, 0.2) is 36.0 Å². The molecule has 2 amide bonds. The lowest BCUT2D eigenvalue weighted by atomic mass is 10.1. The highest BCUT2D eigenvalue weighted by atomic mass is 16.2. The Kier molecular flexibility index (Phi) is 3.70. The van der Waals surface area contributed by atoms with E-state index < -0.39 is 0 Å². The summed E-state index contributed by atoms with van der Waals surface area (Å²) in [7, 11) is 0. The van der Waals surface area contributed by atoms with E-state index in [4.69, 9.17) is 0 Å². The number of fused-ring (bicyclic) bond motifs is 1. The van der Waals surface area contributed by atoms with Crippen molar-refractivity contribution >= 4 is 11.7 Å². The normalized spacial score (nSPS) is 18.7. The number of urea groups is 1. The van der Waals surface area contributed by atoms with E-state index in [9.17, 15) is 4.79 Å². The van der Waals surface area contributed by atoms with E-state index in [1.807, 2.05) is 30.0 Å². The molecule has 2 rings (SSSR count).